The number of pyridine rings is 1. The topological polar surface area (TPSA) is 178 Å². The molecule has 15 heteroatoms. The Balaban J connectivity index is 0.750. The van der Waals surface area contributed by atoms with E-state index in [1.165, 1.54) is 24.9 Å². The lowest BCUT2D eigenvalue weighted by Crippen LogP contribution is -2.47. The molecule has 6 aromatic rings. The molecule has 3 aliphatic rings. The minimum absolute atomic E-state index is 0.0482. The monoisotopic (exact) mass is 863 g/mol. The smallest absolute Gasteiger partial charge is 0.315 e. The Morgan fingerprint density at radius 3 is 2.34 bits per heavy atom. The van der Waals surface area contributed by atoms with E-state index in [1.807, 2.05) is 52.9 Å². The molecule has 0 radical (unpaired) electrons. The molecule has 3 aliphatic heterocycles. The zero-order valence-corrected chi connectivity index (χ0v) is 37.4. The lowest BCUT2D eigenvalue weighted by molar-refractivity contribution is -0.134. The normalized spacial score (nSPS) is 18.4. The third kappa shape index (κ3) is 9.26. The van der Waals surface area contributed by atoms with E-state index in [0.717, 1.165) is 108 Å². The lowest BCUT2D eigenvalue weighted by Gasteiger charge is -2.37. The van der Waals surface area contributed by atoms with E-state index < -0.39 is 5.91 Å². The molecule has 0 unspecified atom stereocenters. The van der Waals surface area contributed by atoms with Crippen molar-refractivity contribution in [2.24, 2.45) is 5.92 Å². The number of carbonyl (C=O) groups is 3. The second-order valence-electron chi connectivity index (χ2n) is 18.7. The summed E-state index contributed by atoms with van der Waals surface area (Å²) >= 11 is 0. The molecule has 0 spiro atoms. The summed E-state index contributed by atoms with van der Waals surface area (Å²) in [6.45, 7) is 17.0. The number of amides is 3. The summed E-state index contributed by atoms with van der Waals surface area (Å²) in [4.78, 5) is 66.2. The molecule has 2 atom stereocenters. The molecule has 3 N–H and O–H groups in total. The van der Waals surface area contributed by atoms with Gasteiger partial charge < -0.3 is 24.6 Å². The summed E-state index contributed by atoms with van der Waals surface area (Å²) in [5.74, 6) is 1.15. The van der Waals surface area contributed by atoms with Crippen molar-refractivity contribution >= 4 is 40.3 Å². The van der Waals surface area contributed by atoms with Crippen molar-refractivity contribution in [3.05, 3.63) is 102 Å². The fraction of sp³-hybridized carbons (Fsp3) is 0.429. The van der Waals surface area contributed by atoms with E-state index in [-0.39, 0.29) is 35.1 Å². The number of hydrogen-bond donors (Lipinski definition) is 3. The molecule has 3 fully saturated rings. The van der Waals surface area contributed by atoms with Gasteiger partial charge in [-0.2, -0.15) is 4.98 Å². The van der Waals surface area contributed by atoms with E-state index in [9.17, 15) is 14.4 Å². The predicted molar refractivity (Wildman–Crippen MR) is 246 cm³/mol. The number of aromatic amines is 1. The van der Waals surface area contributed by atoms with Crippen molar-refractivity contribution in [3.63, 3.8) is 0 Å². The van der Waals surface area contributed by atoms with Crippen LogP contribution in [0.5, 0.6) is 0 Å². The van der Waals surface area contributed by atoms with Gasteiger partial charge in [0.05, 0.1) is 17.7 Å². The van der Waals surface area contributed by atoms with Crippen molar-refractivity contribution in [3.8, 4) is 22.5 Å². The fourth-order valence-electron chi connectivity index (χ4n) is 9.30. The number of imide groups is 1. The maximum absolute atomic E-state index is 12.9. The predicted octanol–water partition coefficient (Wildman–Crippen LogP) is 7.12. The van der Waals surface area contributed by atoms with Crippen LogP contribution in [0.3, 0.4) is 0 Å². The van der Waals surface area contributed by atoms with Gasteiger partial charge in [-0.05, 0) is 105 Å². The van der Waals surface area contributed by atoms with Crippen LogP contribution in [0.15, 0.2) is 77.7 Å². The third-order valence-electron chi connectivity index (χ3n) is 13.2. The van der Waals surface area contributed by atoms with Crippen LogP contribution in [0.4, 0.5) is 11.5 Å². The average molecular weight is 864 g/mol. The first-order valence-electron chi connectivity index (χ1n) is 22.6. The van der Waals surface area contributed by atoms with E-state index in [4.69, 9.17) is 14.5 Å². The molecular formula is C49H57N11O4. The molecule has 4 aromatic heterocycles. The molecule has 2 aromatic carbocycles. The average Bonchev–Trinajstić information content (AvgIpc) is 3.99. The summed E-state index contributed by atoms with van der Waals surface area (Å²) in [6, 6.07) is 20.6. The van der Waals surface area contributed by atoms with Crippen molar-refractivity contribution < 1.29 is 18.9 Å². The van der Waals surface area contributed by atoms with Crippen LogP contribution in [0.2, 0.25) is 0 Å². The fourth-order valence-corrected chi connectivity index (χ4v) is 9.30. The number of carbonyl (C=O) groups excluding carboxylic acids is 3. The highest BCUT2D eigenvalue weighted by Gasteiger charge is 2.29. The van der Waals surface area contributed by atoms with Crippen molar-refractivity contribution in [2.75, 3.05) is 55.6 Å². The first kappa shape index (κ1) is 42.8. The van der Waals surface area contributed by atoms with Gasteiger partial charge in [0.25, 0.3) is 0 Å². The highest BCUT2D eigenvalue weighted by Crippen LogP contribution is 2.33. The summed E-state index contributed by atoms with van der Waals surface area (Å²) in [7, 11) is 0. The molecule has 9 rings (SSSR count). The van der Waals surface area contributed by atoms with Gasteiger partial charge in [-0.1, -0.05) is 50.2 Å². The highest BCUT2D eigenvalue weighted by molar-refractivity contribution is 6.01. The molecule has 0 saturated carbocycles. The second-order valence-corrected chi connectivity index (χ2v) is 18.7. The third-order valence-corrected chi connectivity index (χ3v) is 13.2. The van der Waals surface area contributed by atoms with Gasteiger partial charge in [0, 0.05) is 85.2 Å². The maximum atomic E-state index is 12.9. The lowest BCUT2D eigenvalue weighted by atomic mass is 9.90. The van der Waals surface area contributed by atoms with Gasteiger partial charge in [0.15, 0.2) is 5.82 Å². The van der Waals surface area contributed by atoms with E-state index >= 15 is 0 Å². The second kappa shape index (κ2) is 17.9. The molecule has 332 valence electrons. The van der Waals surface area contributed by atoms with Crippen LogP contribution in [-0.2, 0) is 15.0 Å². The Morgan fingerprint density at radius 1 is 0.891 bits per heavy atom. The molecule has 64 heavy (non-hydrogen) atoms. The molecule has 0 aliphatic carbocycles. The van der Waals surface area contributed by atoms with Gasteiger partial charge in [-0.3, -0.25) is 24.6 Å². The van der Waals surface area contributed by atoms with Gasteiger partial charge >= 0.3 is 11.8 Å². The Kier molecular flexibility index (Phi) is 12.0. The molecule has 7 heterocycles. The number of aryl methyl sites for hydroxylation is 1. The van der Waals surface area contributed by atoms with Crippen molar-refractivity contribution in [1.29, 1.82) is 0 Å². The number of aromatic nitrogens is 6. The van der Waals surface area contributed by atoms with Crippen LogP contribution in [-0.4, -0.2) is 98.5 Å². The minimum Gasteiger partial charge on any atom is -0.372 e. The molecule has 3 saturated heterocycles. The number of benzene rings is 2. The molecule has 0 bridgehead atoms. The molecule has 3 amide bonds. The number of rotatable bonds is 11. The molecule has 15 nitrogen and oxygen atoms in total. The summed E-state index contributed by atoms with van der Waals surface area (Å²) in [5.41, 5.74) is 8.29. The Morgan fingerprint density at radius 2 is 1.66 bits per heavy atom. The highest BCUT2D eigenvalue weighted by atomic mass is 16.5. The SMILES string of the molecule is Cc1cc(-c2ncnc3[nH]c(-c4ccc(N5CCN(CCC6CCN(c7ccc([C@H]8CCC(=O)NC8=O)cc7)CC6)CC5)nc4)cc23)ccc1[C@@H](C)NC(=O)c1nc(C(C)(C)C)no1. The summed E-state index contributed by atoms with van der Waals surface area (Å²) < 4.78 is 5.25. The Bertz CT molecular complexity index is 2630. The largest absolute Gasteiger partial charge is 0.372 e. The van der Waals surface area contributed by atoms with E-state index in [0.29, 0.717) is 18.7 Å². The van der Waals surface area contributed by atoms with Gasteiger partial charge in [0.1, 0.15) is 17.8 Å². The van der Waals surface area contributed by atoms with E-state index in [2.05, 4.69) is 94.0 Å². The minimum atomic E-state index is -0.409. The molecular weight excluding hydrogens is 807 g/mol. The van der Waals surface area contributed by atoms with Crippen LogP contribution in [0, 0.1) is 12.8 Å². The Hall–Kier alpha value is -6.48. The van der Waals surface area contributed by atoms with E-state index in [1.54, 1.807) is 6.33 Å². The number of hydrogen-bond acceptors (Lipinski definition) is 12. The van der Waals surface area contributed by atoms with Crippen LogP contribution in [0.1, 0.15) is 105 Å². The van der Waals surface area contributed by atoms with Crippen molar-refractivity contribution in [2.45, 2.75) is 84.1 Å². The first-order chi connectivity index (χ1) is 30.9. The number of anilines is 2. The first-order valence-corrected chi connectivity index (χ1v) is 22.6. The number of nitrogens with one attached hydrogen (secondary N) is 3. The van der Waals surface area contributed by atoms with Crippen LogP contribution >= 0.6 is 0 Å². The zero-order valence-electron chi connectivity index (χ0n) is 37.4. The summed E-state index contributed by atoms with van der Waals surface area (Å²) in [6.07, 6.45) is 8.09. The zero-order chi connectivity index (χ0) is 44.5. The number of fused-ring (bicyclic) bond motifs is 1. The number of piperazine rings is 1. The maximum Gasteiger partial charge on any atom is 0.315 e. The van der Waals surface area contributed by atoms with Gasteiger partial charge in [-0.15, -0.1) is 0 Å². The van der Waals surface area contributed by atoms with Gasteiger partial charge in [0.2, 0.25) is 11.8 Å². The summed E-state index contributed by atoms with van der Waals surface area (Å²) in [5, 5.41) is 10.4. The van der Waals surface area contributed by atoms with Crippen LogP contribution < -0.4 is 20.4 Å². The number of piperidine rings is 2. The van der Waals surface area contributed by atoms with Crippen molar-refractivity contribution in [1.82, 2.24) is 45.6 Å². The van der Waals surface area contributed by atoms with Crippen LogP contribution in [0.25, 0.3) is 33.5 Å². The number of nitrogens with zero attached hydrogens (tertiary/aromatic N) is 8. The quantitative estimate of drug-likeness (QED) is 0.113. The van der Waals surface area contributed by atoms with Gasteiger partial charge in [-0.25, -0.2) is 15.0 Å². The number of H-pyrrole nitrogens is 1. The standard InChI is InChI=1S/C49H57N11O4/c1-30-26-34(8-12-37(30)31(2)53-46(63)47-56-48(57-64-47)49(3,4)5)43-39-27-40(54-44(39)52-29-51-43)35-9-14-41(50-28-35)60-24-22-58(23-25-60)19-16-32-17-20-59(21-18-32)36-10-6-33(7-11-36)38-13-15-42(61)55-45(38)62/h6-12,14,26-29,31-32,38H,13,15-25H2,1-5H3,(H,53,63)(H,51,52,54)(H,55,61,62)/t31-,38-/m1/s1. The Labute approximate surface area is 373 Å².